The molecule has 1 aliphatic heterocycles. The molecule has 3 rings (SSSR count). The molecule has 0 saturated carbocycles. The number of halogens is 1. The molecule has 28 heavy (non-hydrogen) atoms. The van der Waals surface area contributed by atoms with Crippen molar-refractivity contribution in [1.82, 2.24) is 4.90 Å². The van der Waals surface area contributed by atoms with Gasteiger partial charge >= 0.3 is 0 Å². The van der Waals surface area contributed by atoms with Gasteiger partial charge in [-0.15, -0.1) is 4.40 Å². The Morgan fingerprint density at radius 1 is 1.25 bits per heavy atom. The first-order chi connectivity index (χ1) is 13.1. The number of carbonyl (C=O) groups is 2. The Labute approximate surface area is 160 Å². The quantitative estimate of drug-likeness (QED) is 0.794. The number of likely N-dealkylation sites (N-methyl/N-ethyl adjacent to an activating group) is 1. The lowest BCUT2D eigenvalue weighted by molar-refractivity contribution is -0.116. The second-order valence-electron chi connectivity index (χ2n) is 6.29. The predicted octanol–water partition coefficient (Wildman–Crippen LogP) is 1.25. The van der Waals surface area contributed by atoms with E-state index in [1.165, 1.54) is 31.0 Å². The maximum atomic E-state index is 14.0. The summed E-state index contributed by atoms with van der Waals surface area (Å²) in [6.45, 7) is 1.20. The molecule has 2 aromatic rings. The molecule has 3 N–H and O–H groups in total. The van der Waals surface area contributed by atoms with Gasteiger partial charge in [0.1, 0.15) is 10.7 Å². The van der Waals surface area contributed by atoms with Crippen LogP contribution >= 0.6 is 0 Å². The third-order valence-electron chi connectivity index (χ3n) is 4.26. The van der Waals surface area contributed by atoms with E-state index in [4.69, 9.17) is 5.73 Å². The van der Waals surface area contributed by atoms with Crippen molar-refractivity contribution in [1.29, 1.82) is 0 Å². The Balaban J connectivity index is 1.81. The van der Waals surface area contributed by atoms with E-state index in [1.54, 1.807) is 18.2 Å². The molecule has 1 aliphatic rings. The van der Waals surface area contributed by atoms with Gasteiger partial charge in [-0.1, -0.05) is 12.1 Å². The van der Waals surface area contributed by atoms with E-state index in [-0.39, 0.29) is 34.1 Å². The van der Waals surface area contributed by atoms with E-state index in [0.29, 0.717) is 5.56 Å². The molecule has 0 atom stereocenters. The summed E-state index contributed by atoms with van der Waals surface area (Å²) < 4.78 is 41.9. The molecule has 1 heterocycles. The first-order valence-corrected chi connectivity index (χ1v) is 9.59. The average molecular weight is 404 g/mol. The van der Waals surface area contributed by atoms with Gasteiger partial charge in [0, 0.05) is 29.4 Å². The van der Waals surface area contributed by atoms with Crippen LogP contribution in [0.1, 0.15) is 21.5 Å². The van der Waals surface area contributed by atoms with Gasteiger partial charge in [-0.3, -0.25) is 9.59 Å². The fourth-order valence-electron chi connectivity index (χ4n) is 2.79. The Morgan fingerprint density at radius 2 is 1.93 bits per heavy atom. The van der Waals surface area contributed by atoms with Crippen LogP contribution in [0.3, 0.4) is 0 Å². The molecule has 2 aromatic carbocycles. The van der Waals surface area contributed by atoms with Gasteiger partial charge in [0.05, 0.1) is 6.54 Å². The number of amides is 2. The van der Waals surface area contributed by atoms with E-state index >= 15 is 0 Å². The van der Waals surface area contributed by atoms with Crippen LogP contribution in [0.15, 0.2) is 45.7 Å². The second kappa shape index (κ2) is 7.04. The zero-order chi connectivity index (χ0) is 20.6. The zero-order valence-corrected chi connectivity index (χ0v) is 15.9. The Morgan fingerprint density at radius 3 is 2.61 bits per heavy atom. The van der Waals surface area contributed by atoms with Crippen LogP contribution in [-0.2, 0) is 14.8 Å². The fourth-order valence-corrected chi connectivity index (χ4v) is 4.05. The molecular weight excluding hydrogens is 387 g/mol. The largest absolute Gasteiger partial charge is 0.366 e. The smallest absolute Gasteiger partial charge is 0.285 e. The molecule has 8 nitrogen and oxygen atoms in total. The van der Waals surface area contributed by atoms with Crippen molar-refractivity contribution < 1.29 is 22.4 Å². The summed E-state index contributed by atoms with van der Waals surface area (Å²) in [6, 6.07) is 8.58. The summed E-state index contributed by atoms with van der Waals surface area (Å²) in [7, 11) is -2.29. The first kappa shape index (κ1) is 19.5. The van der Waals surface area contributed by atoms with Crippen molar-refractivity contribution in [3.8, 4) is 0 Å². The number of hydrogen-bond acceptors (Lipinski definition) is 5. The zero-order valence-electron chi connectivity index (χ0n) is 15.1. The summed E-state index contributed by atoms with van der Waals surface area (Å²) in [4.78, 5) is 25.1. The molecule has 0 bridgehead atoms. The van der Waals surface area contributed by atoms with Gasteiger partial charge in [0.25, 0.3) is 10.0 Å². The molecule has 0 saturated heterocycles. The van der Waals surface area contributed by atoms with Crippen molar-refractivity contribution in [2.45, 2.75) is 11.8 Å². The highest BCUT2D eigenvalue weighted by molar-refractivity contribution is 7.90. The number of nitrogens with two attached hydrogens (primary N) is 1. The summed E-state index contributed by atoms with van der Waals surface area (Å²) >= 11 is 0. The van der Waals surface area contributed by atoms with Gasteiger partial charge in [-0.05, 0) is 31.2 Å². The topological polar surface area (TPSA) is 122 Å². The Kier molecular flexibility index (Phi) is 4.90. The van der Waals surface area contributed by atoms with Crippen molar-refractivity contribution in [2.75, 3.05) is 18.9 Å². The normalized spacial score (nSPS) is 14.2. The van der Waals surface area contributed by atoms with E-state index in [2.05, 4.69) is 9.71 Å². The molecule has 0 spiro atoms. The van der Waals surface area contributed by atoms with E-state index < -0.39 is 27.7 Å². The lowest BCUT2D eigenvalue weighted by Crippen LogP contribution is -2.35. The molecule has 0 fully saturated rings. The van der Waals surface area contributed by atoms with E-state index in [1.807, 2.05) is 0 Å². The highest BCUT2D eigenvalue weighted by Crippen LogP contribution is 2.27. The summed E-state index contributed by atoms with van der Waals surface area (Å²) in [5.74, 6) is -1.91. The molecule has 0 aliphatic carbocycles. The minimum Gasteiger partial charge on any atom is -0.366 e. The first-order valence-electron chi connectivity index (χ1n) is 8.15. The molecule has 146 valence electrons. The number of benzene rings is 2. The van der Waals surface area contributed by atoms with Crippen LogP contribution in [0.5, 0.6) is 0 Å². The van der Waals surface area contributed by atoms with Crippen LogP contribution < -0.4 is 11.1 Å². The molecule has 2 amide bonds. The number of sulfonamides is 1. The van der Waals surface area contributed by atoms with Crippen LogP contribution in [0, 0.1) is 12.7 Å². The highest BCUT2D eigenvalue weighted by Gasteiger charge is 2.31. The number of nitrogens with one attached hydrogen (secondary N) is 1. The number of anilines is 1. The molecule has 10 heteroatoms. The monoisotopic (exact) mass is 404 g/mol. The van der Waals surface area contributed by atoms with Crippen LogP contribution in [0.25, 0.3) is 0 Å². The SMILES string of the molecule is Cc1c(F)cc(C(N)=O)cc1NC(=O)CN(C)C1=NS(=O)(=O)c2ccccc21. The Bertz CT molecular complexity index is 1130. The summed E-state index contributed by atoms with van der Waals surface area (Å²) in [5, 5.41) is 2.51. The number of hydrogen-bond donors (Lipinski definition) is 2. The molecule has 0 aromatic heterocycles. The predicted molar refractivity (Wildman–Crippen MR) is 101 cm³/mol. The Hall–Kier alpha value is -3.27. The van der Waals surface area contributed by atoms with Gasteiger partial charge in [-0.2, -0.15) is 8.42 Å². The number of fused-ring (bicyclic) bond motifs is 1. The minimum atomic E-state index is -3.81. The maximum Gasteiger partial charge on any atom is 0.285 e. The van der Waals surface area contributed by atoms with Crippen LogP contribution in [-0.4, -0.2) is 44.6 Å². The van der Waals surface area contributed by atoms with Crippen molar-refractivity contribution >= 4 is 33.4 Å². The highest BCUT2D eigenvalue weighted by atomic mass is 32.2. The van der Waals surface area contributed by atoms with Gasteiger partial charge in [0.15, 0.2) is 5.84 Å². The molecule has 0 unspecified atom stereocenters. The lowest BCUT2D eigenvalue weighted by atomic mass is 10.1. The van der Waals surface area contributed by atoms with Crippen molar-refractivity contribution in [3.63, 3.8) is 0 Å². The standard InChI is InChI=1S/C18H17FN4O4S/c1-10-13(19)7-11(17(20)25)8-14(10)21-16(24)9-23(2)18-12-5-3-4-6-15(12)28(26,27)22-18/h3-8H,9H2,1-2H3,(H2,20,25)(H,21,24). The average Bonchev–Trinajstić information content (AvgIpc) is 2.90. The number of carbonyl (C=O) groups excluding carboxylic acids is 2. The van der Waals surface area contributed by atoms with Gasteiger partial charge in [0.2, 0.25) is 11.8 Å². The van der Waals surface area contributed by atoms with Crippen molar-refractivity contribution in [3.05, 3.63) is 58.9 Å². The van der Waals surface area contributed by atoms with Crippen LogP contribution in [0.4, 0.5) is 10.1 Å². The van der Waals surface area contributed by atoms with Gasteiger partial charge in [-0.25, -0.2) is 4.39 Å². The van der Waals surface area contributed by atoms with E-state index in [9.17, 15) is 22.4 Å². The van der Waals surface area contributed by atoms with Crippen LogP contribution in [0.2, 0.25) is 0 Å². The number of primary amides is 1. The van der Waals surface area contributed by atoms with Crippen molar-refractivity contribution in [2.24, 2.45) is 10.1 Å². The second-order valence-corrected chi connectivity index (χ2v) is 7.86. The third-order valence-corrected chi connectivity index (χ3v) is 5.58. The number of nitrogens with zero attached hydrogens (tertiary/aromatic N) is 2. The third kappa shape index (κ3) is 3.58. The number of rotatable bonds is 4. The minimum absolute atomic E-state index is 0.0735. The molecule has 0 radical (unpaired) electrons. The van der Waals surface area contributed by atoms with E-state index in [0.717, 1.165) is 6.07 Å². The summed E-state index contributed by atoms with van der Waals surface area (Å²) in [6.07, 6.45) is 0. The fraction of sp³-hybridized carbons (Fsp3) is 0.167. The maximum absolute atomic E-state index is 14.0. The summed E-state index contributed by atoms with van der Waals surface area (Å²) in [5.41, 5.74) is 5.74. The number of amidine groups is 1. The van der Waals surface area contributed by atoms with Gasteiger partial charge < -0.3 is 16.0 Å². The molecular formula is C18H17FN4O4S. The lowest BCUT2D eigenvalue weighted by Gasteiger charge is -2.19.